The summed E-state index contributed by atoms with van der Waals surface area (Å²) in [6.07, 6.45) is 2.01. The second-order valence-electron chi connectivity index (χ2n) is 5.73. The summed E-state index contributed by atoms with van der Waals surface area (Å²) in [4.78, 5) is 0. The first kappa shape index (κ1) is 16.7. The number of nitrogens with one attached hydrogen (secondary N) is 1. The number of hydrogen-bond acceptors (Lipinski definition) is 4. The summed E-state index contributed by atoms with van der Waals surface area (Å²) >= 11 is 3.52. The van der Waals surface area contributed by atoms with Gasteiger partial charge in [0.15, 0.2) is 0 Å². The lowest BCUT2D eigenvalue weighted by Crippen LogP contribution is -2.25. The molecule has 1 aromatic carbocycles. The number of halogens is 1. The molecule has 0 aliphatic heterocycles. The molecule has 1 fully saturated rings. The van der Waals surface area contributed by atoms with Crippen molar-refractivity contribution in [3.05, 3.63) is 28.2 Å². The first-order chi connectivity index (χ1) is 10.1. The van der Waals surface area contributed by atoms with Crippen LogP contribution in [0.3, 0.4) is 0 Å². The van der Waals surface area contributed by atoms with Gasteiger partial charge >= 0.3 is 0 Å². The van der Waals surface area contributed by atoms with E-state index >= 15 is 0 Å². The van der Waals surface area contributed by atoms with Crippen molar-refractivity contribution in [1.29, 1.82) is 0 Å². The van der Waals surface area contributed by atoms with Crippen LogP contribution < -0.4 is 10.1 Å². The highest BCUT2D eigenvalue weighted by molar-refractivity contribution is 9.10. The predicted molar refractivity (Wildman–Crippen MR) is 86.6 cm³/mol. The van der Waals surface area contributed by atoms with Crippen LogP contribution in [0.4, 0.5) is 0 Å². The van der Waals surface area contributed by atoms with Crippen LogP contribution in [0.2, 0.25) is 0 Å². The molecule has 0 saturated heterocycles. The van der Waals surface area contributed by atoms with Crippen molar-refractivity contribution in [1.82, 2.24) is 5.32 Å². The zero-order valence-corrected chi connectivity index (χ0v) is 14.2. The molecule has 1 atom stereocenters. The zero-order chi connectivity index (χ0) is 15.2. The van der Waals surface area contributed by atoms with Crippen molar-refractivity contribution >= 4 is 15.9 Å². The third-order valence-corrected chi connectivity index (χ3v) is 3.87. The molecular formula is C16H24BrNO3. The Hall–Kier alpha value is -0.620. The highest BCUT2D eigenvalue weighted by atomic mass is 79.9. The predicted octanol–water partition coefficient (Wildman–Crippen LogP) is 2.87. The normalized spacial score (nSPS) is 16.2. The quantitative estimate of drug-likeness (QED) is 0.713. The molecule has 0 heterocycles. The minimum atomic E-state index is -0.622. The molecule has 1 saturated carbocycles. The van der Waals surface area contributed by atoms with Crippen molar-refractivity contribution in [2.24, 2.45) is 0 Å². The van der Waals surface area contributed by atoms with Gasteiger partial charge in [-0.3, -0.25) is 0 Å². The Labute approximate surface area is 135 Å². The third kappa shape index (κ3) is 5.94. The summed E-state index contributed by atoms with van der Waals surface area (Å²) in [5.41, 5.74) is 1.10. The highest BCUT2D eigenvalue weighted by Gasteiger charge is 2.21. The van der Waals surface area contributed by atoms with E-state index in [0.29, 0.717) is 6.04 Å². The van der Waals surface area contributed by atoms with Gasteiger partial charge in [-0.2, -0.15) is 0 Å². The van der Waals surface area contributed by atoms with E-state index < -0.39 is 6.10 Å². The molecule has 1 unspecified atom stereocenters. The number of ether oxygens (including phenoxy) is 2. The number of hydrogen-bond donors (Lipinski definition) is 2. The van der Waals surface area contributed by atoms with E-state index in [1.807, 2.05) is 32.0 Å². The summed E-state index contributed by atoms with van der Waals surface area (Å²) in [6, 6.07) is 6.65. The Kier molecular flexibility index (Phi) is 6.48. The van der Waals surface area contributed by atoms with E-state index in [9.17, 15) is 5.11 Å². The maximum atomic E-state index is 9.89. The molecule has 5 heteroatoms. The average Bonchev–Trinajstić information content (AvgIpc) is 3.26. The Balaban J connectivity index is 1.87. The molecule has 0 amide bonds. The molecule has 0 bridgehead atoms. The van der Waals surface area contributed by atoms with Gasteiger partial charge in [0.1, 0.15) is 18.5 Å². The van der Waals surface area contributed by atoms with Gasteiger partial charge in [-0.1, -0.05) is 12.1 Å². The smallest absolute Gasteiger partial charge is 0.138 e. The Morgan fingerprint density at radius 3 is 2.76 bits per heavy atom. The summed E-state index contributed by atoms with van der Waals surface area (Å²) in [6.45, 7) is 5.20. The Morgan fingerprint density at radius 1 is 1.33 bits per heavy atom. The first-order valence-corrected chi connectivity index (χ1v) is 8.28. The second kappa shape index (κ2) is 8.13. The summed E-state index contributed by atoms with van der Waals surface area (Å²) < 4.78 is 12.1. The zero-order valence-electron chi connectivity index (χ0n) is 12.6. The summed E-state index contributed by atoms with van der Waals surface area (Å²) in [5, 5.41) is 13.4. The maximum absolute atomic E-state index is 9.89. The van der Waals surface area contributed by atoms with Crippen molar-refractivity contribution in [3.63, 3.8) is 0 Å². The van der Waals surface area contributed by atoms with E-state index in [1.165, 1.54) is 12.8 Å². The molecule has 0 radical (unpaired) electrons. The van der Waals surface area contributed by atoms with Crippen molar-refractivity contribution in [3.8, 4) is 5.75 Å². The molecule has 0 aromatic heterocycles. The molecule has 21 heavy (non-hydrogen) atoms. The van der Waals surface area contributed by atoms with Gasteiger partial charge in [0, 0.05) is 18.2 Å². The topological polar surface area (TPSA) is 50.7 Å². The van der Waals surface area contributed by atoms with E-state index in [1.54, 1.807) is 0 Å². The van der Waals surface area contributed by atoms with Crippen LogP contribution >= 0.6 is 15.9 Å². The van der Waals surface area contributed by atoms with Gasteiger partial charge in [-0.05, 0) is 48.7 Å². The van der Waals surface area contributed by atoms with Crippen LogP contribution in [0.15, 0.2) is 22.7 Å². The number of benzene rings is 1. The lowest BCUT2D eigenvalue weighted by atomic mass is 10.2. The SMILES string of the molecule is CC(C)OCC(O)COc1c(Br)cccc1CNC1CC1. The molecule has 2 N–H and O–H groups in total. The molecule has 1 aliphatic rings. The molecule has 0 spiro atoms. The van der Waals surface area contributed by atoms with E-state index in [0.717, 1.165) is 22.3 Å². The van der Waals surface area contributed by atoms with Crippen molar-refractivity contribution in [2.75, 3.05) is 13.2 Å². The van der Waals surface area contributed by atoms with Crippen molar-refractivity contribution in [2.45, 2.75) is 51.5 Å². The lowest BCUT2D eigenvalue weighted by molar-refractivity contribution is -0.0125. The molecule has 118 valence electrons. The fourth-order valence-electron chi connectivity index (χ4n) is 1.93. The fourth-order valence-corrected chi connectivity index (χ4v) is 2.45. The average molecular weight is 358 g/mol. The monoisotopic (exact) mass is 357 g/mol. The number of para-hydroxylation sites is 1. The van der Waals surface area contributed by atoms with Gasteiger partial charge < -0.3 is 19.9 Å². The Morgan fingerprint density at radius 2 is 2.10 bits per heavy atom. The van der Waals surface area contributed by atoms with Gasteiger partial charge in [-0.15, -0.1) is 0 Å². The van der Waals surface area contributed by atoms with Crippen LogP contribution in [0.5, 0.6) is 5.75 Å². The van der Waals surface area contributed by atoms with E-state index in [-0.39, 0.29) is 19.3 Å². The summed E-state index contributed by atoms with van der Waals surface area (Å²) in [5.74, 6) is 0.800. The van der Waals surface area contributed by atoms with Gasteiger partial charge in [0.2, 0.25) is 0 Å². The maximum Gasteiger partial charge on any atom is 0.138 e. The minimum absolute atomic E-state index is 0.112. The standard InChI is InChI=1S/C16H24BrNO3/c1-11(2)20-9-14(19)10-21-16-12(4-3-5-15(16)17)8-18-13-6-7-13/h3-5,11,13-14,18-19H,6-10H2,1-2H3. The van der Waals surface area contributed by atoms with Gasteiger partial charge in [0.25, 0.3) is 0 Å². The van der Waals surface area contributed by atoms with Crippen LogP contribution in [0, 0.1) is 0 Å². The molecule has 2 rings (SSSR count). The number of rotatable bonds is 9. The van der Waals surface area contributed by atoms with Crippen LogP contribution in [0.25, 0.3) is 0 Å². The third-order valence-electron chi connectivity index (χ3n) is 3.25. The van der Waals surface area contributed by atoms with Gasteiger partial charge in [0.05, 0.1) is 17.2 Å². The highest BCUT2D eigenvalue weighted by Crippen LogP contribution is 2.30. The van der Waals surface area contributed by atoms with Crippen molar-refractivity contribution < 1.29 is 14.6 Å². The molecular weight excluding hydrogens is 334 g/mol. The largest absolute Gasteiger partial charge is 0.489 e. The lowest BCUT2D eigenvalue weighted by Gasteiger charge is -2.17. The first-order valence-electron chi connectivity index (χ1n) is 7.49. The molecule has 1 aromatic rings. The summed E-state index contributed by atoms with van der Waals surface area (Å²) in [7, 11) is 0. The number of aliphatic hydroxyl groups excluding tert-OH is 1. The van der Waals surface area contributed by atoms with Gasteiger partial charge in [-0.25, -0.2) is 0 Å². The van der Waals surface area contributed by atoms with Crippen LogP contribution in [-0.4, -0.2) is 36.6 Å². The minimum Gasteiger partial charge on any atom is -0.489 e. The second-order valence-corrected chi connectivity index (χ2v) is 6.58. The Bertz CT molecular complexity index is 449. The molecule has 1 aliphatic carbocycles. The fraction of sp³-hybridized carbons (Fsp3) is 0.625. The van der Waals surface area contributed by atoms with Crippen LogP contribution in [0.1, 0.15) is 32.3 Å². The molecule has 4 nitrogen and oxygen atoms in total. The van der Waals surface area contributed by atoms with E-state index in [2.05, 4.69) is 21.2 Å². The van der Waals surface area contributed by atoms with E-state index in [4.69, 9.17) is 9.47 Å². The number of aliphatic hydroxyl groups is 1. The van der Waals surface area contributed by atoms with Crippen LogP contribution in [-0.2, 0) is 11.3 Å².